The van der Waals surface area contributed by atoms with E-state index in [4.69, 9.17) is 42.1 Å². The Morgan fingerprint density at radius 1 is 0.444 bits per heavy atom. The summed E-state index contributed by atoms with van der Waals surface area (Å²) in [7, 11) is 0. The van der Waals surface area contributed by atoms with Crippen LogP contribution in [0.5, 0.6) is 0 Å². The van der Waals surface area contributed by atoms with Gasteiger partial charge in [0.1, 0.15) is 0 Å². The van der Waals surface area contributed by atoms with Crippen molar-refractivity contribution in [1.29, 1.82) is 0 Å². The van der Waals surface area contributed by atoms with Crippen molar-refractivity contribution in [1.82, 2.24) is 0 Å². The van der Waals surface area contributed by atoms with Gasteiger partial charge in [-0.05, 0) is 0 Å². The summed E-state index contributed by atoms with van der Waals surface area (Å²) in [5.41, 5.74) is 0. The summed E-state index contributed by atoms with van der Waals surface area (Å²) >= 11 is 0. The third-order valence-corrected chi connectivity index (χ3v) is 0. The third-order valence-electron chi connectivity index (χ3n) is 0. The van der Waals surface area contributed by atoms with E-state index in [9.17, 15) is 0 Å². The van der Waals surface area contributed by atoms with E-state index in [-0.39, 0.29) is 21.1 Å². The molecule has 9 heteroatoms. The van der Waals surface area contributed by atoms with Gasteiger partial charge in [-0.15, -0.1) is 0 Å². The molecule has 0 aliphatic carbocycles. The SMILES string of the molecule is [Mo+4].[O-]O.[O-]O.[O-]O.[O-]O. The van der Waals surface area contributed by atoms with Crippen LogP contribution in [0.3, 0.4) is 0 Å². The molecular formula is H4MoO8. The van der Waals surface area contributed by atoms with Crippen LogP contribution in [0.4, 0.5) is 0 Å². The largest absolute Gasteiger partial charge is 4.00 e. The van der Waals surface area contributed by atoms with E-state index in [0.29, 0.717) is 0 Å². The van der Waals surface area contributed by atoms with Gasteiger partial charge in [-0.25, -0.2) is 0 Å². The molecule has 0 spiro atoms. The maximum Gasteiger partial charge on any atom is 4.00 e. The van der Waals surface area contributed by atoms with Crippen molar-refractivity contribution in [2.75, 3.05) is 0 Å². The molecule has 0 radical (unpaired) electrons. The van der Waals surface area contributed by atoms with Gasteiger partial charge in [0, 0.05) is 0 Å². The van der Waals surface area contributed by atoms with Crippen molar-refractivity contribution in [2.45, 2.75) is 0 Å². The first-order chi connectivity index (χ1) is 4.00. The van der Waals surface area contributed by atoms with Crippen LogP contribution in [-0.4, -0.2) is 21.0 Å². The molecule has 0 aromatic carbocycles. The molecule has 0 heterocycles. The van der Waals surface area contributed by atoms with Gasteiger partial charge in [-0.2, -0.15) is 0 Å². The van der Waals surface area contributed by atoms with Crippen LogP contribution in [0.1, 0.15) is 0 Å². The molecule has 0 fully saturated rings. The van der Waals surface area contributed by atoms with Crippen molar-refractivity contribution in [3.63, 3.8) is 0 Å². The smallest absolute Gasteiger partial charge is 0.727 e. The second-order valence-corrected chi connectivity index (χ2v) is 0. The van der Waals surface area contributed by atoms with Gasteiger partial charge in [0.2, 0.25) is 0 Å². The maximum absolute atomic E-state index is 7.25. The number of hydrogen-bond acceptors (Lipinski definition) is 8. The quantitative estimate of drug-likeness (QED) is 0.181. The van der Waals surface area contributed by atoms with E-state index in [1.54, 1.807) is 0 Å². The Balaban J connectivity index is -0.00000000762. The van der Waals surface area contributed by atoms with Crippen molar-refractivity contribution >= 4 is 0 Å². The Kier molecular flexibility index (Phi) is 12800. The summed E-state index contributed by atoms with van der Waals surface area (Å²) in [6, 6.07) is 0. The summed E-state index contributed by atoms with van der Waals surface area (Å²) in [4.78, 5) is 0. The third kappa shape index (κ3) is 2500. The fourth-order valence-electron chi connectivity index (χ4n) is 0. The van der Waals surface area contributed by atoms with Crippen molar-refractivity contribution in [3.05, 3.63) is 0 Å². The summed E-state index contributed by atoms with van der Waals surface area (Å²) in [5.74, 6) is 0. The molecule has 0 aromatic heterocycles. The topological polar surface area (TPSA) is 173 Å². The van der Waals surface area contributed by atoms with Crippen LogP contribution in [0.15, 0.2) is 0 Å². The zero-order chi connectivity index (χ0) is 8.00. The molecule has 9 heavy (non-hydrogen) atoms. The molecule has 0 aliphatic rings. The molecule has 0 bridgehead atoms. The predicted molar refractivity (Wildman–Crippen MR) is 10.5 cm³/mol. The van der Waals surface area contributed by atoms with Crippen molar-refractivity contribution < 1.29 is 63.1 Å². The average molecular weight is 228 g/mol. The normalized spacial score (nSPS) is 2.67. The van der Waals surface area contributed by atoms with Crippen LogP contribution in [-0.2, 0) is 21.1 Å². The van der Waals surface area contributed by atoms with Gasteiger partial charge in [0.05, 0.1) is 0 Å². The molecule has 0 saturated carbocycles. The van der Waals surface area contributed by atoms with Gasteiger partial charge in [-0.1, -0.05) is 0 Å². The number of hydrogen-bond donors (Lipinski definition) is 4. The minimum atomic E-state index is 0. The van der Waals surface area contributed by atoms with Gasteiger partial charge in [-0.3, -0.25) is 0 Å². The zero-order valence-corrected chi connectivity index (χ0v) is 5.84. The average Bonchev–Trinajstić information content (AvgIpc) is 2.03. The van der Waals surface area contributed by atoms with Crippen molar-refractivity contribution in [3.8, 4) is 0 Å². The molecule has 0 rings (SSSR count). The fraction of sp³-hybridized carbons (Fsp3) is 0. The molecule has 0 atom stereocenters. The van der Waals surface area contributed by atoms with Gasteiger partial charge >= 0.3 is 21.1 Å². The second-order valence-electron chi connectivity index (χ2n) is 0. The molecule has 0 amide bonds. The minimum absolute atomic E-state index is 0. The fourth-order valence-corrected chi connectivity index (χ4v) is 0. The molecule has 0 aliphatic heterocycles. The van der Waals surface area contributed by atoms with Crippen LogP contribution in [0.2, 0.25) is 0 Å². The Hall–Kier alpha value is 0.368. The molecule has 0 aromatic rings. The van der Waals surface area contributed by atoms with E-state index in [1.807, 2.05) is 0 Å². The van der Waals surface area contributed by atoms with Crippen molar-refractivity contribution in [2.24, 2.45) is 0 Å². The van der Waals surface area contributed by atoms with Crippen LogP contribution >= 0.6 is 0 Å². The van der Waals surface area contributed by atoms with E-state index in [1.165, 1.54) is 0 Å². The van der Waals surface area contributed by atoms with Crippen LogP contribution in [0, 0.1) is 0 Å². The predicted octanol–water partition coefficient (Wildman–Crippen LogP) is -4.72. The van der Waals surface area contributed by atoms with Gasteiger partial charge < -0.3 is 42.1 Å². The summed E-state index contributed by atoms with van der Waals surface area (Å²) < 4.78 is 0. The Labute approximate surface area is 63.9 Å². The Bertz CT molecular complexity index is 4.53. The molecule has 0 unspecified atom stereocenters. The van der Waals surface area contributed by atoms with Crippen LogP contribution < -0.4 is 21.0 Å². The second kappa shape index (κ2) is 3350. The first-order valence-corrected chi connectivity index (χ1v) is 0.730. The standard InChI is InChI=1S/Mo.4H2O2/c;4*1-2/h;4*1-2H/q+4;;;;/p-4. The van der Waals surface area contributed by atoms with E-state index >= 15 is 0 Å². The monoisotopic (exact) mass is 230 g/mol. The minimum Gasteiger partial charge on any atom is -0.727 e. The molecule has 4 N–H and O–H groups in total. The molecule has 0 saturated heterocycles. The van der Waals surface area contributed by atoms with E-state index in [2.05, 4.69) is 0 Å². The Morgan fingerprint density at radius 3 is 0.444 bits per heavy atom. The van der Waals surface area contributed by atoms with E-state index < -0.39 is 0 Å². The first-order valence-electron chi connectivity index (χ1n) is 0.730. The molecule has 8 nitrogen and oxygen atoms in total. The summed E-state index contributed by atoms with van der Waals surface area (Å²) in [6.45, 7) is 0. The number of rotatable bonds is 0. The molecular weight excluding hydrogens is 224 g/mol. The molecule has 58 valence electrons. The van der Waals surface area contributed by atoms with Gasteiger partial charge in [0.15, 0.2) is 0 Å². The zero-order valence-electron chi connectivity index (χ0n) is 3.83. The van der Waals surface area contributed by atoms with E-state index in [0.717, 1.165) is 0 Å². The van der Waals surface area contributed by atoms with Crippen LogP contribution in [0.25, 0.3) is 0 Å². The maximum atomic E-state index is 7.25. The summed E-state index contributed by atoms with van der Waals surface area (Å²) in [6.07, 6.45) is 0. The summed E-state index contributed by atoms with van der Waals surface area (Å²) in [5, 5.41) is 52.0. The first kappa shape index (κ1) is 34.4. The van der Waals surface area contributed by atoms with Gasteiger partial charge in [0.25, 0.3) is 0 Å². The Morgan fingerprint density at radius 2 is 0.444 bits per heavy atom.